The van der Waals surface area contributed by atoms with Crippen LogP contribution in [-0.2, 0) is 9.53 Å². The van der Waals surface area contributed by atoms with E-state index in [1.165, 1.54) is 12.8 Å². The highest BCUT2D eigenvalue weighted by Crippen LogP contribution is 2.11. The van der Waals surface area contributed by atoms with Crippen molar-refractivity contribution < 1.29 is 9.53 Å². The summed E-state index contributed by atoms with van der Waals surface area (Å²) in [4.78, 5) is 13.8. The first kappa shape index (κ1) is 14.5. The fourth-order valence-corrected chi connectivity index (χ4v) is 2.41. The van der Waals surface area contributed by atoms with Crippen molar-refractivity contribution in [2.24, 2.45) is 0 Å². The van der Waals surface area contributed by atoms with Crippen LogP contribution < -0.4 is 5.32 Å². The highest BCUT2D eigenvalue weighted by Gasteiger charge is 2.22. The second kappa shape index (κ2) is 7.67. The summed E-state index contributed by atoms with van der Waals surface area (Å²) < 4.78 is 5.00. The van der Waals surface area contributed by atoms with E-state index in [-0.39, 0.29) is 12.0 Å². The molecule has 0 aromatic carbocycles. The highest BCUT2D eigenvalue weighted by molar-refractivity contribution is 5.70. The molecule has 0 saturated carbocycles. The fraction of sp³-hybridized carbons (Fsp3) is 0.923. The lowest BCUT2D eigenvalue weighted by molar-refractivity contribution is -0.144. The van der Waals surface area contributed by atoms with Gasteiger partial charge < -0.3 is 10.1 Å². The first-order chi connectivity index (χ1) is 8.17. The van der Waals surface area contributed by atoms with Crippen LogP contribution in [0.15, 0.2) is 0 Å². The van der Waals surface area contributed by atoms with Gasteiger partial charge in [-0.25, -0.2) is 0 Å². The molecule has 1 heterocycles. The number of rotatable bonds is 7. The number of nitrogens with zero attached hydrogens (tertiary/aromatic N) is 1. The maximum Gasteiger partial charge on any atom is 0.307 e. The largest absolute Gasteiger partial charge is 0.466 e. The third-order valence-electron chi connectivity index (χ3n) is 3.41. The Morgan fingerprint density at radius 1 is 1.53 bits per heavy atom. The number of esters is 1. The quantitative estimate of drug-likeness (QED) is 0.685. The van der Waals surface area contributed by atoms with Crippen LogP contribution in [-0.4, -0.2) is 49.2 Å². The van der Waals surface area contributed by atoms with E-state index in [0.29, 0.717) is 19.1 Å². The van der Waals surface area contributed by atoms with E-state index in [1.807, 2.05) is 6.92 Å². The summed E-state index contributed by atoms with van der Waals surface area (Å²) in [5, 5.41) is 3.50. The summed E-state index contributed by atoms with van der Waals surface area (Å²) >= 11 is 0. The minimum atomic E-state index is -0.0853. The van der Waals surface area contributed by atoms with Crippen LogP contribution >= 0.6 is 0 Å². The SMILES string of the molecule is CCOC(=O)CC(C)N(CC)CC1CCCN1. The number of nitrogens with one attached hydrogen (secondary N) is 1. The van der Waals surface area contributed by atoms with E-state index in [4.69, 9.17) is 4.74 Å². The van der Waals surface area contributed by atoms with E-state index in [9.17, 15) is 4.79 Å². The van der Waals surface area contributed by atoms with Crippen molar-refractivity contribution in [1.82, 2.24) is 10.2 Å². The third-order valence-corrected chi connectivity index (χ3v) is 3.41. The fourth-order valence-electron chi connectivity index (χ4n) is 2.41. The van der Waals surface area contributed by atoms with Gasteiger partial charge in [0.05, 0.1) is 13.0 Å². The standard InChI is InChI=1S/C13H26N2O2/c1-4-15(10-12-7-6-8-14-12)11(3)9-13(16)17-5-2/h11-12,14H,4-10H2,1-3H3. The highest BCUT2D eigenvalue weighted by atomic mass is 16.5. The molecule has 100 valence electrons. The molecule has 1 saturated heterocycles. The van der Waals surface area contributed by atoms with Crippen LogP contribution in [0.25, 0.3) is 0 Å². The molecule has 0 aromatic rings. The Kier molecular flexibility index (Phi) is 6.52. The van der Waals surface area contributed by atoms with Crippen molar-refractivity contribution in [2.75, 3.05) is 26.2 Å². The molecular weight excluding hydrogens is 216 g/mol. The van der Waals surface area contributed by atoms with Gasteiger partial charge in [0.1, 0.15) is 0 Å². The first-order valence-corrected chi connectivity index (χ1v) is 6.80. The van der Waals surface area contributed by atoms with Gasteiger partial charge in [-0.3, -0.25) is 9.69 Å². The van der Waals surface area contributed by atoms with Crippen molar-refractivity contribution in [3.8, 4) is 0 Å². The molecule has 1 fully saturated rings. The molecule has 4 nitrogen and oxygen atoms in total. The lowest BCUT2D eigenvalue weighted by Gasteiger charge is -2.29. The molecule has 0 aliphatic carbocycles. The maximum atomic E-state index is 11.4. The Hall–Kier alpha value is -0.610. The van der Waals surface area contributed by atoms with Crippen molar-refractivity contribution >= 4 is 5.97 Å². The Morgan fingerprint density at radius 3 is 2.82 bits per heavy atom. The Bertz CT molecular complexity index is 227. The van der Waals surface area contributed by atoms with Crippen LogP contribution in [0.3, 0.4) is 0 Å². The zero-order valence-corrected chi connectivity index (χ0v) is 11.4. The molecule has 1 aliphatic rings. The van der Waals surface area contributed by atoms with Crippen LogP contribution in [0.2, 0.25) is 0 Å². The van der Waals surface area contributed by atoms with Crippen LogP contribution in [0.4, 0.5) is 0 Å². The zero-order valence-electron chi connectivity index (χ0n) is 11.4. The molecule has 4 heteroatoms. The van der Waals surface area contributed by atoms with Gasteiger partial charge in [0.25, 0.3) is 0 Å². The Morgan fingerprint density at radius 2 is 2.29 bits per heavy atom. The molecule has 0 spiro atoms. The van der Waals surface area contributed by atoms with Gasteiger partial charge in [-0.2, -0.15) is 0 Å². The maximum absolute atomic E-state index is 11.4. The molecule has 0 bridgehead atoms. The Labute approximate surface area is 105 Å². The van der Waals surface area contributed by atoms with Gasteiger partial charge in [-0.15, -0.1) is 0 Å². The topological polar surface area (TPSA) is 41.6 Å². The minimum absolute atomic E-state index is 0.0853. The van der Waals surface area contributed by atoms with Crippen molar-refractivity contribution in [1.29, 1.82) is 0 Å². The average Bonchev–Trinajstić information content (AvgIpc) is 2.78. The summed E-state index contributed by atoms with van der Waals surface area (Å²) in [6.45, 7) is 9.74. The van der Waals surface area contributed by atoms with Crippen molar-refractivity contribution in [2.45, 2.75) is 52.1 Å². The van der Waals surface area contributed by atoms with E-state index >= 15 is 0 Å². The molecule has 0 aromatic heterocycles. The van der Waals surface area contributed by atoms with E-state index in [2.05, 4.69) is 24.1 Å². The van der Waals surface area contributed by atoms with Gasteiger partial charge >= 0.3 is 5.97 Å². The zero-order chi connectivity index (χ0) is 12.7. The lowest BCUT2D eigenvalue weighted by atomic mass is 10.1. The van der Waals surface area contributed by atoms with E-state index < -0.39 is 0 Å². The third kappa shape index (κ3) is 5.04. The second-order valence-corrected chi connectivity index (χ2v) is 4.74. The molecule has 1 aliphatic heterocycles. The van der Waals surface area contributed by atoms with Crippen LogP contribution in [0.1, 0.15) is 40.0 Å². The number of ether oxygens (including phenoxy) is 1. The van der Waals surface area contributed by atoms with Crippen LogP contribution in [0.5, 0.6) is 0 Å². The van der Waals surface area contributed by atoms with E-state index in [0.717, 1.165) is 19.6 Å². The first-order valence-electron chi connectivity index (χ1n) is 6.80. The van der Waals surface area contributed by atoms with E-state index in [1.54, 1.807) is 0 Å². The number of carbonyl (C=O) groups excluding carboxylic acids is 1. The van der Waals surface area contributed by atoms with Gasteiger partial charge in [0.15, 0.2) is 0 Å². The van der Waals surface area contributed by atoms with Gasteiger partial charge in [0, 0.05) is 18.6 Å². The second-order valence-electron chi connectivity index (χ2n) is 4.74. The normalized spacial score (nSPS) is 21.8. The smallest absolute Gasteiger partial charge is 0.307 e. The molecule has 0 amide bonds. The molecular formula is C13H26N2O2. The summed E-state index contributed by atoms with van der Waals surface area (Å²) in [5.41, 5.74) is 0. The number of hydrogen-bond donors (Lipinski definition) is 1. The summed E-state index contributed by atoms with van der Waals surface area (Å²) in [6.07, 6.45) is 3.02. The van der Waals surface area contributed by atoms with Crippen molar-refractivity contribution in [3.05, 3.63) is 0 Å². The predicted molar refractivity (Wildman–Crippen MR) is 69.0 cm³/mol. The van der Waals surface area contributed by atoms with Crippen LogP contribution in [0, 0.1) is 0 Å². The number of hydrogen-bond acceptors (Lipinski definition) is 4. The number of likely N-dealkylation sites (N-methyl/N-ethyl adjacent to an activating group) is 1. The van der Waals surface area contributed by atoms with Gasteiger partial charge in [-0.1, -0.05) is 6.92 Å². The van der Waals surface area contributed by atoms with Crippen molar-refractivity contribution in [3.63, 3.8) is 0 Å². The predicted octanol–water partition coefficient (Wildman–Crippen LogP) is 1.40. The molecule has 2 atom stereocenters. The summed E-state index contributed by atoms with van der Waals surface area (Å²) in [5.74, 6) is -0.0853. The molecule has 1 N–H and O–H groups in total. The molecule has 0 radical (unpaired) electrons. The summed E-state index contributed by atoms with van der Waals surface area (Å²) in [7, 11) is 0. The molecule has 1 rings (SSSR count). The minimum Gasteiger partial charge on any atom is -0.466 e. The summed E-state index contributed by atoms with van der Waals surface area (Å²) in [6, 6.07) is 0.862. The monoisotopic (exact) mass is 242 g/mol. The molecule has 17 heavy (non-hydrogen) atoms. The molecule has 2 unspecified atom stereocenters. The lowest BCUT2D eigenvalue weighted by Crippen LogP contribution is -2.43. The number of carbonyl (C=O) groups is 1. The Balaban J connectivity index is 2.34. The van der Waals surface area contributed by atoms with Gasteiger partial charge in [-0.05, 0) is 39.8 Å². The average molecular weight is 242 g/mol. The van der Waals surface area contributed by atoms with Gasteiger partial charge in [0.2, 0.25) is 0 Å².